The monoisotopic (exact) mass is 310 g/mol. The molecule has 1 N–H and O–H groups in total. The van der Waals surface area contributed by atoms with Gasteiger partial charge in [-0.3, -0.25) is 19.6 Å². The molecule has 1 aliphatic rings. The fraction of sp³-hybridized carbons (Fsp3) is 0.714. The van der Waals surface area contributed by atoms with Gasteiger partial charge in [0.1, 0.15) is 12.4 Å². The van der Waals surface area contributed by atoms with E-state index < -0.39 is 4.92 Å². The van der Waals surface area contributed by atoms with Gasteiger partial charge in [-0.05, 0) is 32.1 Å². The highest BCUT2D eigenvalue weighted by atomic mass is 16.6. The highest BCUT2D eigenvalue weighted by molar-refractivity contribution is 5.76. The maximum atomic E-state index is 11.9. The summed E-state index contributed by atoms with van der Waals surface area (Å²) in [6, 6.07) is 0.155. The fourth-order valence-corrected chi connectivity index (χ4v) is 2.63. The van der Waals surface area contributed by atoms with Gasteiger partial charge in [-0.2, -0.15) is 5.10 Å². The second kappa shape index (κ2) is 7.88. The second-order valence-electron chi connectivity index (χ2n) is 5.63. The Morgan fingerprint density at radius 3 is 2.95 bits per heavy atom. The van der Waals surface area contributed by atoms with Crippen LogP contribution in [0.15, 0.2) is 12.4 Å². The van der Waals surface area contributed by atoms with Gasteiger partial charge in [-0.1, -0.05) is 0 Å². The summed E-state index contributed by atoms with van der Waals surface area (Å²) in [7, 11) is 0. The number of aromatic nitrogens is 2. The van der Waals surface area contributed by atoms with E-state index in [1.165, 1.54) is 17.1 Å². The first-order chi connectivity index (χ1) is 10.6. The number of hydrogen-bond donors (Lipinski definition) is 1. The summed E-state index contributed by atoms with van der Waals surface area (Å²) in [6.07, 6.45) is 5.55. The molecule has 122 valence electrons. The molecular weight excluding hydrogens is 288 g/mol. The lowest BCUT2D eigenvalue weighted by Gasteiger charge is -2.28. The minimum absolute atomic E-state index is 0.0145. The average Bonchev–Trinajstić information content (AvgIpc) is 2.97. The van der Waals surface area contributed by atoms with E-state index in [2.05, 4.69) is 10.4 Å². The predicted molar refractivity (Wildman–Crippen MR) is 79.3 cm³/mol. The molecular formula is C14H22N4O4. The molecule has 2 heterocycles. The predicted octanol–water partition coefficient (Wildman–Crippen LogP) is 1.50. The van der Waals surface area contributed by atoms with Crippen LogP contribution in [0.1, 0.15) is 32.6 Å². The number of nitrogens with zero attached hydrogens (tertiary/aromatic N) is 3. The zero-order chi connectivity index (χ0) is 15.9. The number of nitrogens with one attached hydrogen (secondary N) is 1. The van der Waals surface area contributed by atoms with Crippen molar-refractivity contribution in [2.75, 3.05) is 13.2 Å². The number of carbonyl (C=O) groups excluding carboxylic acids is 1. The summed E-state index contributed by atoms with van der Waals surface area (Å²) in [5.41, 5.74) is -0.0300. The molecule has 0 bridgehead atoms. The van der Waals surface area contributed by atoms with E-state index in [1.807, 2.05) is 6.92 Å². The standard InChI is InChI=1S/C14H22N4O4/c1-11(12-4-7-22-8-5-12)16-14(19)3-2-6-17-10-13(9-15-17)18(20)21/h9-12H,2-8H2,1H3,(H,16,19). The summed E-state index contributed by atoms with van der Waals surface area (Å²) in [4.78, 5) is 22.0. The first-order valence-corrected chi connectivity index (χ1v) is 7.60. The summed E-state index contributed by atoms with van der Waals surface area (Å²) in [6.45, 7) is 4.06. The van der Waals surface area contributed by atoms with Crippen molar-refractivity contribution in [3.8, 4) is 0 Å². The molecule has 1 aliphatic heterocycles. The molecule has 0 aromatic carbocycles. The van der Waals surface area contributed by atoms with E-state index in [-0.39, 0.29) is 17.6 Å². The third kappa shape index (κ3) is 4.80. The maximum Gasteiger partial charge on any atom is 0.306 e. The lowest BCUT2D eigenvalue weighted by molar-refractivity contribution is -0.385. The van der Waals surface area contributed by atoms with Gasteiger partial charge < -0.3 is 10.1 Å². The number of ether oxygens (including phenoxy) is 1. The van der Waals surface area contributed by atoms with Crippen LogP contribution in [0.3, 0.4) is 0 Å². The number of hydrogen-bond acceptors (Lipinski definition) is 5. The topological polar surface area (TPSA) is 99.3 Å². The molecule has 1 atom stereocenters. The van der Waals surface area contributed by atoms with E-state index in [1.54, 1.807) is 0 Å². The van der Waals surface area contributed by atoms with E-state index in [9.17, 15) is 14.9 Å². The van der Waals surface area contributed by atoms with Gasteiger partial charge in [0.05, 0.1) is 4.92 Å². The number of nitro groups is 1. The molecule has 0 saturated carbocycles. The Hall–Kier alpha value is -1.96. The first kappa shape index (κ1) is 16.4. The van der Waals surface area contributed by atoms with Gasteiger partial charge in [-0.25, -0.2) is 0 Å². The molecule has 1 unspecified atom stereocenters. The fourth-order valence-electron chi connectivity index (χ4n) is 2.63. The van der Waals surface area contributed by atoms with Crippen molar-refractivity contribution in [1.82, 2.24) is 15.1 Å². The van der Waals surface area contributed by atoms with Crippen molar-refractivity contribution in [3.63, 3.8) is 0 Å². The largest absolute Gasteiger partial charge is 0.381 e. The van der Waals surface area contributed by atoms with E-state index in [0.29, 0.717) is 25.3 Å². The van der Waals surface area contributed by atoms with E-state index in [4.69, 9.17) is 4.74 Å². The lowest BCUT2D eigenvalue weighted by Crippen LogP contribution is -2.40. The van der Waals surface area contributed by atoms with Crippen molar-refractivity contribution in [3.05, 3.63) is 22.5 Å². The van der Waals surface area contributed by atoms with Gasteiger partial charge >= 0.3 is 5.69 Å². The van der Waals surface area contributed by atoms with E-state index in [0.717, 1.165) is 26.1 Å². The van der Waals surface area contributed by atoms with Crippen LogP contribution in [0.25, 0.3) is 0 Å². The molecule has 1 aromatic heterocycles. The number of carbonyl (C=O) groups is 1. The molecule has 8 heteroatoms. The van der Waals surface area contributed by atoms with Crippen molar-refractivity contribution in [2.45, 2.75) is 45.2 Å². The van der Waals surface area contributed by atoms with Gasteiger partial charge in [-0.15, -0.1) is 0 Å². The summed E-state index contributed by atoms with van der Waals surface area (Å²) >= 11 is 0. The highest BCUT2D eigenvalue weighted by Gasteiger charge is 2.21. The van der Waals surface area contributed by atoms with Crippen LogP contribution in [0.2, 0.25) is 0 Å². The third-order valence-electron chi connectivity index (χ3n) is 3.98. The van der Waals surface area contributed by atoms with Crippen LogP contribution in [0.4, 0.5) is 5.69 Å². The molecule has 1 saturated heterocycles. The average molecular weight is 310 g/mol. The number of aryl methyl sites for hydroxylation is 1. The van der Waals surface area contributed by atoms with Gasteiger partial charge in [0.2, 0.25) is 5.91 Å². The first-order valence-electron chi connectivity index (χ1n) is 7.60. The molecule has 0 aliphatic carbocycles. The normalized spacial score (nSPS) is 17.1. The Bertz CT molecular complexity index is 511. The molecule has 0 spiro atoms. The quantitative estimate of drug-likeness (QED) is 0.608. The van der Waals surface area contributed by atoms with E-state index >= 15 is 0 Å². The van der Waals surface area contributed by atoms with Crippen LogP contribution in [0, 0.1) is 16.0 Å². The zero-order valence-corrected chi connectivity index (χ0v) is 12.7. The van der Waals surface area contributed by atoms with Crippen LogP contribution in [-0.4, -0.2) is 39.9 Å². The Kier molecular flexibility index (Phi) is 5.88. The van der Waals surface area contributed by atoms with Crippen molar-refractivity contribution in [2.24, 2.45) is 5.92 Å². The lowest BCUT2D eigenvalue weighted by atomic mass is 9.93. The molecule has 1 aromatic rings. The number of amides is 1. The Morgan fingerprint density at radius 1 is 1.59 bits per heavy atom. The Balaban J connectivity index is 1.67. The van der Waals surface area contributed by atoms with Crippen LogP contribution < -0.4 is 5.32 Å². The molecule has 1 amide bonds. The molecule has 1 fully saturated rings. The highest BCUT2D eigenvalue weighted by Crippen LogP contribution is 2.18. The zero-order valence-electron chi connectivity index (χ0n) is 12.7. The van der Waals surface area contributed by atoms with Gasteiger partial charge in [0.25, 0.3) is 0 Å². The Morgan fingerprint density at radius 2 is 2.32 bits per heavy atom. The summed E-state index contributed by atoms with van der Waals surface area (Å²) < 4.78 is 6.81. The minimum Gasteiger partial charge on any atom is -0.381 e. The second-order valence-corrected chi connectivity index (χ2v) is 5.63. The van der Waals surface area contributed by atoms with Crippen molar-refractivity contribution in [1.29, 1.82) is 0 Å². The van der Waals surface area contributed by atoms with Crippen LogP contribution >= 0.6 is 0 Å². The smallest absolute Gasteiger partial charge is 0.306 e. The van der Waals surface area contributed by atoms with Crippen molar-refractivity contribution < 1.29 is 14.5 Å². The summed E-state index contributed by atoms with van der Waals surface area (Å²) in [5, 5.41) is 17.5. The minimum atomic E-state index is -0.480. The molecule has 0 radical (unpaired) electrons. The van der Waals surface area contributed by atoms with Crippen LogP contribution in [-0.2, 0) is 16.1 Å². The molecule has 2 rings (SSSR count). The van der Waals surface area contributed by atoms with Gasteiger partial charge in [0.15, 0.2) is 0 Å². The van der Waals surface area contributed by atoms with Crippen LogP contribution in [0.5, 0.6) is 0 Å². The maximum absolute atomic E-state index is 11.9. The van der Waals surface area contributed by atoms with Crippen molar-refractivity contribution >= 4 is 11.6 Å². The molecule has 8 nitrogen and oxygen atoms in total. The molecule has 22 heavy (non-hydrogen) atoms. The van der Waals surface area contributed by atoms with Gasteiger partial charge in [0, 0.05) is 32.2 Å². The summed E-state index contributed by atoms with van der Waals surface area (Å²) in [5.74, 6) is 0.493. The Labute approximate surface area is 129 Å². The number of rotatable bonds is 7. The third-order valence-corrected chi connectivity index (χ3v) is 3.98. The SMILES string of the molecule is CC(NC(=O)CCCn1cc([N+](=O)[O-])cn1)C1CCOCC1.